The number of hydrazine groups is 1. The van der Waals surface area contributed by atoms with Crippen molar-refractivity contribution < 1.29 is 4.79 Å². The van der Waals surface area contributed by atoms with Crippen LogP contribution in [0.25, 0.3) is 0 Å². The number of aromatic nitrogens is 1. The van der Waals surface area contributed by atoms with Gasteiger partial charge in [0.15, 0.2) is 0 Å². The maximum absolute atomic E-state index is 12.2. The van der Waals surface area contributed by atoms with Crippen LogP contribution in [0.3, 0.4) is 0 Å². The monoisotopic (exact) mass is 280 g/mol. The number of carbonyl (C=O) groups is 1. The third-order valence-electron chi connectivity index (χ3n) is 3.56. The Morgan fingerprint density at radius 2 is 2.16 bits per heavy atom. The molecule has 0 bridgehead atoms. The number of rotatable bonds is 4. The molecule has 1 heterocycles. The Kier molecular flexibility index (Phi) is 5.04. The zero-order chi connectivity index (χ0) is 13.7. The van der Waals surface area contributed by atoms with E-state index < -0.39 is 0 Å². The fourth-order valence-corrected chi connectivity index (χ4v) is 3.15. The van der Waals surface area contributed by atoms with Gasteiger partial charge in [0, 0.05) is 23.7 Å². The Balaban J connectivity index is 1.94. The summed E-state index contributed by atoms with van der Waals surface area (Å²) in [6, 6.07) is 1.96. The second kappa shape index (κ2) is 6.77. The van der Waals surface area contributed by atoms with Gasteiger partial charge in [-0.1, -0.05) is 0 Å². The second-order valence-corrected chi connectivity index (χ2v) is 5.89. The van der Waals surface area contributed by atoms with Crippen LogP contribution in [0.5, 0.6) is 0 Å². The van der Waals surface area contributed by atoms with Gasteiger partial charge in [-0.3, -0.25) is 15.6 Å². The molecule has 5 nitrogen and oxygen atoms in total. The molecule has 6 heteroatoms. The van der Waals surface area contributed by atoms with Gasteiger partial charge in [0.25, 0.3) is 5.91 Å². The summed E-state index contributed by atoms with van der Waals surface area (Å²) in [5.74, 6) is 5.29. The van der Waals surface area contributed by atoms with E-state index in [1.807, 2.05) is 11.8 Å². The van der Waals surface area contributed by atoms with Gasteiger partial charge < -0.3 is 10.7 Å². The Labute approximate surface area is 117 Å². The summed E-state index contributed by atoms with van der Waals surface area (Å²) in [5.41, 5.74) is 3.63. The largest absolute Gasteiger partial charge is 0.349 e. The van der Waals surface area contributed by atoms with Crippen LogP contribution in [-0.4, -0.2) is 28.4 Å². The average Bonchev–Trinajstić information content (AvgIpc) is 2.48. The lowest BCUT2D eigenvalue weighted by atomic mass is 9.94. The van der Waals surface area contributed by atoms with Crippen molar-refractivity contribution in [3.63, 3.8) is 0 Å². The van der Waals surface area contributed by atoms with Crippen LogP contribution in [0.1, 0.15) is 36.0 Å². The average molecular weight is 280 g/mol. The summed E-state index contributed by atoms with van der Waals surface area (Å²) in [6.07, 6.45) is 9.72. The quantitative estimate of drug-likeness (QED) is 0.578. The molecule has 0 saturated heterocycles. The molecule has 1 saturated carbocycles. The number of amides is 1. The van der Waals surface area contributed by atoms with Gasteiger partial charge in [-0.15, -0.1) is 0 Å². The summed E-state index contributed by atoms with van der Waals surface area (Å²) >= 11 is 1.92. The summed E-state index contributed by atoms with van der Waals surface area (Å²) in [7, 11) is 0. The first-order chi connectivity index (χ1) is 9.24. The van der Waals surface area contributed by atoms with E-state index in [9.17, 15) is 4.79 Å². The summed E-state index contributed by atoms with van der Waals surface area (Å²) in [6.45, 7) is 0. The fourth-order valence-electron chi connectivity index (χ4n) is 2.41. The van der Waals surface area contributed by atoms with Crippen molar-refractivity contribution in [2.75, 3.05) is 11.7 Å². The lowest BCUT2D eigenvalue weighted by molar-refractivity contribution is 0.0928. The number of carbonyl (C=O) groups excluding carboxylic acids is 1. The first-order valence-corrected chi connectivity index (χ1v) is 7.77. The van der Waals surface area contributed by atoms with E-state index in [-0.39, 0.29) is 11.9 Å². The summed E-state index contributed by atoms with van der Waals surface area (Å²) in [5, 5.41) is 3.81. The van der Waals surface area contributed by atoms with E-state index in [2.05, 4.69) is 22.0 Å². The minimum atomic E-state index is -0.103. The number of thioether (sulfide) groups is 1. The van der Waals surface area contributed by atoms with Crippen LogP contribution in [0, 0.1) is 0 Å². The van der Waals surface area contributed by atoms with Crippen molar-refractivity contribution in [3.05, 3.63) is 24.0 Å². The number of hydrogen-bond acceptors (Lipinski definition) is 5. The van der Waals surface area contributed by atoms with Crippen LogP contribution in [0.2, 0.25) is 0 Å². The number of nitrogens with one attached hydrogen (secondary N) is 2. The van der Waals surface area contributed by atoms with Gasteiger partial charge in [-0.2, -0.15) is 11.8 Å². The van der Waals surface area contributed by atoms with Gasteiger partial charge in [-0.05, 0) is 38.0 Å². The lowest BCUT2D eigenvalue weighted by Gasteiger charge is -2.28. The van der Waals surface area contributed by atoms with Crippen molar-refractivity contribution in [1.82, 2.24) is 10.3 Å². The predicted octanol–water partition coefficient (Wildman–Crippen LogP) is 1.77. The van der Waals surface area contributed by atoms with Crippen molar-refractivity contribution in [2.45, 2.75) is 37.0 Å². The highest BCUT2D eigenvalue weighted by atomic mass is 32.2. The van der Waals surface area contributed by atoms with Gasteiger partial charge in [0.05, 0.1) is 11.3 Å². The van der Waals surface area contributed by atoms with E-state index in [1.165, 1.54) is 19.0 Å². The molecule has 0 unspecified atom stereocenters. The van der Waals surface area contributed by atoms with E-state index in [1.54, 1.807) is 12.3 Å². The molecule has 19 heavy (non-hydrogen) atoms. The molecule has 1 fully saturated rings. The first-order valence-electron chi connectivity index (χ1n) is 6.49. The Morgan fingerprint density at radius 3 is 2.79 bits per heavy atom. The Hall–Kier alpha value is -1.27. The highest BCUT2D eigenvalue weighted by molar-refractivity contribution is 7.99. The number of hydrogen-bond donors (Lipinski definition) is 3. The molecule has 104 valence electrons. The molecule has 0 radical (unpaired) electrons. The van der Waals surface area contributed by atoms with Crippen molar-refractivity contribution in [3.8, 4) is 0 Å². The second-order valence-electron chi connectivity index (χ2n) is 4.75. The number of nitrogen functional groups attached to an aromatic ring is 1. The molecule has 1 amide bonds. The van der Waals surface area contributed by atoms with E-state index in [0.29, 0.717) is 11.3 Å². The molecular formula is C13H20N4OS. The van der Waals surface area contributed by atoms with Crippen molar-refractivity contribution in [1.29, 1.82) is 0 Å². The zero-order valence-corrected chi connectivity index (χ0v) is 11.9. The third-order valence-corrected chi connectivity index (χ3v) is 4.70. The summed E-state index contributed by atoms with van der Waals surface area (Å²) < 4.78 is 0. The third kappa shape index (κ3) is 3.61. The van der Waals surface area contributed by atoms with Crippen LogP contribution in [0.4, 0.5) is 5.69 Å². The van der Waals surface area contributed by atoms with E-state index in [4.69, 9.17) is 5.84 Å². The molecule has 2 rings (SSSR count). The smallest absolute Gasteiger partial charge is 0.255 e. The molecular weight excluding hydrogens is 260 g/mol. The normalized spacial score (nSPS) is 22.8. The lowest BCUT2D eigenvalue weighted by Crippen LogP contribution is -2.38. The molecule has 0 atom stereocenters. The van der Waals surface area contributed by atoms with Gasteiger partial charge in [-0.25, -0.2) is 0 Å². The van der Waals surface area contributed by atoms with Gasteiger partial charge in [0.1, 0.15) is 0 Å². The molecule has 1 aromatic heterocycles. The first kappa shape index (κ1) is 14.1. The van der Waals surface area contributed by atoms with Crippen LogP contribution >= 0.6 is 11.8 Å². The van der Waals surface area contributed by atoms with Gasteiger partial charge in [0.2, 0.25) is 0 Å². The molecule has 0 aromatic carbocycles. The highest BCUT2D eigenvalue weighted by Gasteiger charge is 2.22. The molecule has 1 aliphatic rings. The maximum Gasteiger partial charge on any atom is 0.255 e. The van der Waals surface area contributed by atoms with Crippen LogP contribution in [0.15, 0.2) is 18.5 Å². The van der Waals surface area contributed by atoms with E-state index >= 15 is 0 Å². The van der Waals surface area contributed by atoms with Crippen molar-refractivity contribution >= 4 is 23.4 Å². The predicted molar refractivity (Wildman–Crippen MR) is 79.1 cm³/mol. The minimum absolute atomic E-state index is 0.103. The fraction of sp³-hybridized carbons (Fsp3) is 0.538. The number of nitrogens with zero attached hydrogens (tertiary/aromatic N) is 1. The number of anilines is 1. The number of pyridine rings is 1. The molecule has 0 spiro atoms. The highest BCUT2D eigenvalue weighted by Crippen LogP contribution is 2.27. The van der Waals surface area contributed by atoms with Gasteiger partial charge >= 0.3 is 0 Å². The zero-order valence-electron chi connectivity index (χ0n) is 11.1. The Morgan fingerprint density at radius 1 is 1.42 bits per heavy atom. The standard InChI is InChI=1S/C13H20N4OS/c1-19-10-4-2-9(3-5-10)16-13(18)11-8-15-7-6-12(11)17-14/h6-10H,2-5,14H2,1H3,(H,15,17)(H,16,18). The summed E-state index contributed by atoms with van der Waals surface area (Å²) in [4.78, 5) is 16.2. The number of nitrogens with two attached hydrogens (primary N) is 1. The Bertz CT molecular complexity index is 432. The SMILES string of the molecule is CSC1CCC(NC(=O)c2cnccc2NN)CC1. The maximum atomic E-state index is 12.2. The van der Waals surface area contributed by atoms with Crippen molar-refractivity contribution in [2.24, 2.45) is 5.84 Å². The minimum Gasteiger partial charge on any atom is -0.349 e. The van der Waals surface area contributed by atoms with Crippen LogP contribution in [-0.2, 0) is 0 Å². The topological polar surface area (TPSA) is 80.0 Å². The molecule has 4 N–H and O–H groups in total. The molecule has 1 aromatic rings. The molecule has 1 aliphatic carbocycles. The molecule has 0 aliphatic heterocycles. The van der Waals surface area contributed by atoms with E-state index in [0.717, 1.165) is 18.1 Å². The van der Waals surface area contributed by atoms with Crippen LogP contribution < -0.4 is 16.6 Å².